The van der Waals surface area contributed by atoms with Gasteiger partial charge in [0.1, 0.15) is 0 Å². The molecule has 0 heterocycles. The molecule has 0 saturated carbocycles. The van der Waals surface area contributed by atoms with Crippen LogP contribution < -0.4 is 5.73 Å². The summed E-state index contributed by atoms with van der Waals surface area (Å²) in [7, 11) is 0. The van der Waals surface area contributed by atoms with Crippen LogP contribution >= 0.6 is 15.9 Å². The second-order valence-electron chi connectivity index (χ2n) is 4.57. The lowest BCUT2D eigenvalue weighted by molar-refractivity contribution is -0.0187. The molecule has 0 aliphatic carbocycles. The fourth-order valence-corrected chi connectivity index (χ4v) is 2.33. The summed E-state index contributed by atoms with van der Waals surface area (Å²) >= 11 is 3.48. The van der Waals surface area contributed by atoms with Crippen molar-refractivity contribution in [3.63, 3.8) is 0 Å². The molecular weight excluding hydrogens is 278 g/mol. The standard InChI is InChI=1S/C14H22BrNO/c1-4-6-10(2)17-14(11(3)16)12-7-5-8-13(15)9-12/h5,7-11,14H,4,6,16H2,1-3H3. The number of hydrogen-bond donors (Lipinski definition) is 1. The highest BCUT2D eigenvalue weighted by molar-refractivity contribution is 9.10. The van der Waals surface area contributed by atoms with Crippen LogP contribution in [0.25, 0.3) is 0 Å². The molecule has 2 nitrogen and oxygen atoms in total. The van der Waals surface area contributed by atoms with E-state index in [-0.39, 0.29) is 18.2 Å². The van der Waals surface area contributed by atoms with E-state index in [1.165, 1.54) is 0 Å². The van der Waals surface area contributed by atoms with E-state index >= 15 is 0 Å². The number of ether oxygens (including phenoxy) is 1. The second-order valence-corrected chi connectivity index (χ2v) is 5.49. The van der Waals surface area contributed by atoms with Gasteiger partial charge in [-0.15, -0.1) is 0 Å². The Hall–Kier alpha value is -0.380. The summed E-state index contributed by atoms with van der Waals surface area (Å²) in [6.45, 7) is 6.26. The molecule has 2 N–H and O–H groups in total. The van der Waals surface area contributed by atoms with Crippen LogP contribution in [-0.4, -0.2) is 12.1 Å². The first-order valence-corrected chi connectivity index (χ1v) is 7.00. The molecular formula is C14H22BrNO. The van der Waals surface area contributed by atoms with E-state index < -0.39 is 0 Å². The minimum absolute atomic E-state index is 0.0105. The summed E-state index contributed by atoms with van der Waals surface area (Å²) in [6.07, 6.45) is 2.41. The first-order chi connectivity index (χ1) is 8.04. The fraction of sp³-hybridized carbons (Fsp3) is 0.571. The monoisotopic (exact) mass is 299 g/mol. The third-order valence-electron chi connectivity index (χ3n) is 2.73. The predicted octanol–water partition coefficient (Wildman–Crippen LogP) is 4.04. The van der Waals surface area contributed by atoms with Crippen molar-refractivity contribution in [2.75, 3.05) is 0 Å². The van der Waals surface area contributed by atoms with Gasteiger partial charge in [0.05, 0.1) is 12.2 Å². The Balaban J connectivity index is 2.79. The van der Waals surface area contributed by atoms with Crippen molar-refractivity contribution in [1.29, 1.82) is 0 Å². The average molecular weight is 300 g/mol. The van der Waals surface area contributed by atoms with E-state index in [0.717, 1.165) is 22.9 Å². The molecule has 0 bridgehead atoms. The molecule has 0 fully saturated rings. The summed E-state index contributed by atoms with van der Waals surface area (Å²) in [5.74, 6) is 0. The Kier molecular flexibility index (Phi) is 6.17. The molecule has 0 amide bonds. The van der Waals surface area contributed by atoms with Crippen LogP contribution in [0, 0.1) is 0 Å². The largest absolute Gasteiger partial charge is 0.369 e. The molecule has 0 aromatic heterocycles. The Morgan fingerprint density at radius 1 is 1.35 bits per heavy atom. The Labute approximate surface area is 113 Å². The Morgan fingerprint density at radius 3 is 2.59 bits per heavy atom. The third kappa shape index (κ3) is 4.78. The topological polar surface area (TPSA) is 35.2 Å². The SMILES string of the molecule is CCCC(C)OC(c1cccc(Br)c1)C(C)N. The minimum Gasteiger partial charge on any atom is -0.369 e. The van der Waals surface area contributed by atoms with Crippen LogP contribution in [0.3, 0.4) is 0 Å². The van der Waals surface area contributed by atoms with Crippen molar-refractivity contribution in [3.05, 3.63) is 34.3 Å². The minimum atomic E-state index is -0.0333. The average Bonchev–Trinajstić information content (AvgIpc) is 2.26. The molecule has 96 valence electrons. The summed E-state index contributed by atoms with van der Waals surface area (Å²) in [6, 6.07) is 8.16. The lowest BCUT2D eigenvalue weighted by Gasteiger charge is -2.26. The highest BCUT2D eigenvalue weighted by Crippen LogP contribution is 2.25. The third-order valence-corrected chi connectivity index (χ3v) is 3.22. The Bertz CT molecular complexity index is 341. The van der Waals surface area contributed by atoms with Crippen LogP contribution in [0.5, 0.6) is 0 Å². The van der Waals surface area contributed by atoms with Crippen LogP contribution in [0.1, 0.15) is 45.3 Å². The van der Waals surface area contributed by atoms with Crippen LogP contribution in [0.15, 0.2) is 28.7 Å². The molecule has 3 heteroatoms. The van der Waals surface area contributed by atoms with Crippen molar-refractivity contribution in [1.82, 2.24) is 0 Å². The second kappa shape index (κ2) is 7.14. The van der Waals surface area contributed by atoms with Gasteiger partial charge in [-0.25, -0.2) is 0 Å². The molecule has 1 rings (SSSR count). The maximum atomic E-state index is 6.05. The lowest BCUT2D eigenvalue weighted by Crippen LogP contribution is -2.29. The van der Waals surface area contributed by atoms with Gasteiger partial charge in [0.25, 0.3) is 0 Å². The van der Waals surface area contributed by atoms with Gasteiger partial charge < -0.3 is 10.5 Å². The van der Waals surface area contributed by atoms with E-state index in [1.54, 1.807) is 0 Å². The molecule has 0 aliphatic rings. The Morgan fingerprint density at radius 2 is 2.06 bits per heavy atom. The van der Waals surface area contributed by atoms with Gasteiger partial charge in [0.2, 0.25) is 0 Å². The first kappa shape index (κ1) is 14.7. The molecule has 0 aliphatic heterocycles. The molecule has 3 unspecified atom stereocenters. The van der Waals surface area contributed by atoms with Gasteiger partial charge in [0, 0.05) is 10.5 Å². The number of hydrogen-bond acceptors (Lipinski definition) is 2. The fourth-order valence-electron chi connectivity index (χ4n) is 1.91. The van der Waals surface area contributed by atoms with Crippen LogP contribution in [-0.2, 0) is 4.74 Å². The maximum absolute atomic E-state index is 6.05. The number of nitrogens with two attached hydrogens (primary N) is 1. The highest BCUT2D eigenvalue weighted by atomic mass is 79.9. The zero-order chi connectivity index (χ0) is 12.8. The normalized spacial score (nSPS) is 16.5. The lowest BCUT2D eigenvalue weighted by atomic mass is 10.0. The smallest absolute Gasteiger partial charge is 0.0976 e. The predicted molar refractivity (Wildman–Crippen MR) is 76.0 cm³/mol. The molecule has 0 saturated heterocycles. The number of halogens is 1. The van der Waals surface area contributed by atoms with E-state index in [1.807, 2.05) is 19.1 Å². The maximum Gasteiger partial charge on any atom is 0.0976 e. The van der Waals surface area contributed by atoms with Crippen molar-refractivity contribution >= 4 is 15.9 Å². The van der Waals surface area contributed by atoms with E-state index in [9.17, 15) is 0 Å². The molecule has 3 atom stereocenters. The van der Waals surface area contributed by atoms with E-state index in [0.29, 0.717) is 0 Å². The molecule has 1 aromatic carbocycles. The number of benzene rings is 1. The van der Waals surface area contributed by atoms with Crippen molar-refractivity contribution < 1.29 is 4.74 Å². The summed E-state index contributed by atoms with van der Waals surface area (Å²) in [4.78, 5) is 0. The molecule has 1 aromatic rings. The van der Waals surface area contributed by atoms with Gasteiger partial charge in [-0.3, -0.25) is 0 Å². The summed E-state index contributed by atoms with van der Waals surface area (Å²) in [5, 5.41) is 0. The zero-order valence-corrected chi connectivity index (χ0v) is 12.4. The van der Waals surface area contributed by atoms with Crippen LogP contribution in [0.2, 0.25) is 0 Å². The van der Waals surface area contributed by atoms with Gasteiger partial charge in [-0.1, -0.05) is 41.4 Å². The molecule has 17 heavy (non-hydrogen) atoms. The van der Waals surface area contributed by atoms with Crippen molar-refractivity contribution in [2.24, 2.45) is 5.73 Å². The van der Waals surface area contributed by atoms with E-state index in [2.05, 4.69) is 41.9 Å². The summed E-state index contributed by atoms with van der Waals surface area (Å²) < 4.78 is 7.11. The quantitative estimate of drug-likeness (QED) is 0.860. The summed E-state index contributed by atoms with van der Waals surface area (Å²) in [5.41, 5.74) is 7.16. The van der Waals surface area contributed by atoms with Gasteiger partial charge in [0.15, 0.2) is 0 Å². The van der Waals surface area contributed by atoms with Crippen molar-refractivity contribution in [2.45, 2.75) is 51.9 Å². The molecule has 0 radical (unpaired) electrons. The van der Waals surface area contributed by atoms with Gasteiger partial charge >= 0.3 is 0 Å². The number of rotatable bonds is 6. The van der Waals surface area contributed by atoms with Gasteiger partial charge in [-0.05, 0) is 38.0 Å². The first-order valence-electron chi connectivity index (χ1n) is 6.21. The van der Waals surface area contributed by atoms with Crippen molar-refractivity contribution in [3.8, 4) is 0 Å². The van der Waals surface area contributed by atoms with Crippen LogP contribution in [0.4, 0.5) is 0 Å². The highest BCUT2D eigenvalue weighted by Gasteiger charge is 2.19. The molecule has 0 spiro atoms. The van der Waals surface area contributed by atoms with Gasteiger partial charge in [-0.2, -0.15) is 0 Å². The van der Waals surface area contributed by atoms with E-state index in [4.69, 9.17) is 10.5 Å². The zero-order valence-electron chi connectivity index (χ0n) is 10.8.